The lowest BCUT2D eigenvalue weighted by molar-refractivity contribution is -0.105. The molecule has 0 radical (unpaired) electrons. The van der Waals surface area contributed by atoms with Crippen molar-refractivity contribution >= 4 is 6.29 Å². The molecule has 0 aromatic heterocycles. The third kappa shape index (κ3) is 2.15. The quantitative estimate of drug-likeness (QED) is 0.449. The maximum atomic E-state index is 10.3. The topological polar surface area (TPSA) is 20.3 Å². The molecule has 0 N–H and O–H groups in total. The van der Waals surface area contributed by atoms with Gasteiger partial charge in [0.2, 0.25) is 0 Å². The largest absolute Gasteiger partial charge is 0.303 e. The van der Waals surface area contributed by atoms with Crippen molar-refractivity contribution in [3.8, 4) is 0 Å². The number of hydrogen-bond donors (Lipinski definition) is 0. The first-order valence-electron chi connectivity index (χ1n) is 4.07. The molecule has 0 aromatic carbocycles. The van der Waals surface area contributed by atoms with E-state index in [9.17, 15) is 4.79 Å². The minimum absolute atomic E-state index is 0.563. The predicted molar refractivity (Wildman–Crippen MR) is 45.5 cm³/mol. The average Bonchev–Trinajstić information content (AvgIpc) is 2.37. The van der Waals surface area contributed by atoms with Gasteiger partial charge in [0, 0.05) is 6.04 Å². The van der Waals surface area contributed by atoms with Gasteiger partial charge in [0.25, 0.3) is 0 Å². The number of hydrogen-bond acceptors (Lipinski definition) is 2. The van der Waals surface area contributed by atoms with Gasteiger partial charge < -0.3 is 4.90 Å². The van der Waals surface area contributed by atoms with Crippen molar-refractivity contribution < 1.29 is 4.79 Å². The molecular formula is C9H15NO. The molecule has 1 aliphatic rings. The van der Waals surface area contributed by atoms with Crippen LogP contribution in [0.25, 0.3) is 0 Å². The smallest absolute Gasteiger partial charge is 0.145 e. The molecule has 0 spiro atoms. The normalized spacial score (nSPS) is 25.4. The number of nitrogens with zero attached hydrogens (tertiary/aromatic N) is 1. The minimum atomic E-state index is 0.563. The first-order chi connectivity index (χ1) is 5.24. The van der Waals surface area contributed by atoms with Crippen LogP contribution < -0.4 is 0 Å². The summed E-state index contributed by atoms with van der Waals surface area (Å²) in [5, 5.41) is 0. The zero-order valence-corrected chi connectivity index (χ0v) is 7.05. The summed E-state index contributed by atoms with van der Waals surface area (Å²) < 4.78 is 0. The van der Waals surface area contributed by atoms with Gasteiger partial charge in [0.05, 0.1) is 0 Å². The van der Waals surface area contributed by atoms with Gasteiger partial charge in [-0.3, -0.25) is 4.79 Å². The second kappa shape index (κ2) is 3.67. The van der Waals surface area contributed by atoms with E-state index < -0.39 is 0 Å². The molecule has 1 atom stereocenters. The van der Waals surface area contributed by atoms with Gasteiger partial charge in [-0.05, 0) is 38.4 Å². The molecule has 1 heterocycles. The molecule has 62 valence electrons. The summed E-state index contributed by atoms with van der Waals surface area (Å²) in [6.07, 6.45) is 4.18. The standard InChI is InChI=1S/C9H15NO/c1-8(7-11)6-9-4-3-5-10(9)2/h7,9H,1,3-6H2,2H3. The Kier molecular flexibility index (Phi) is 2.83. The lowest BCUT2D eigenvalue weighted by Gasteiger charge is -2.18. The predicted octanol–water partition coefficient (Wildman–Crippen LogP) is 1.23. The molecule has 2 nitrogen and oxygen atoms in total. The molecular weight excluding hydrogens is 138 g/mol. The van der Waals surface area contributed by atoms with Gasteiger partial charge in [-0.25, -0.2) is 0 Å². The van der Waals surface area contributed by atoms with Crippen LogP contribution in [0, 0.1) is 0 Å². The van der Waals surface area contributed by atoms with Crippen LogP contribution in [-0.4, -0.2) is 30.8 Å². The summed E-state index contributed by atoms with van der Waals surface area (Å²) in [5.74, 6) is 0. The van der Waals surface area contributed by atoms with Crippen LogP contribution in [0.5, 0.6) is 0 Å². The van der Waals surface area contributed by atoms with E-state index in [1.807, 2.05) is 0 Å². The Bertz CT molecular complexity index is 165. The first kappa shape index (κ1) is 8.47. The SMILES string of the molecule is C=C(C=O)CC1CCCN1C. The number of carbonyl (C=O) groups excluding carboxylic acids is 1. The Labute approximate surface area is 67.9 Å². The molecule has 0 saturated carbocycles. The van der Waals surface area contributed by atoms with E-state index in [-0.39, 0.29) is 0 Å². The van der Waals surface area contributed by atoms with Crippen LogP contribution in [-0.2, 0) is 4.79 Å². The molecule has 0 aromatic rings. The lowest BCUT2D eigenvalue weighted by Crippen LogP contribution is -2.25. The Morgan fingerprint density at radius 3 is 3.00 bits per heavy atom. The van der Waals surface area contributed by atoms with Crippen LogP contribution >= 0.6 is 0 Å². The highest BCUT2D eigenvalue weighted by atomic mass is 16.1. The number of carbonyl (C=O) groups is 1. The summed E-state index contributed by atoms with van der Waals surface area (Å²) in [6, 6.07) is 0.563. The molecule has 0 aliphatic carbocycles. The summed E-state index contributed by atoms with van der Waals surface area (Å²) in [5.41, 5.74) is 0.726. The van der Waals surface area contributed by atoms with Crippen LogP contribution in [0.3, 0.4) is 0 Å². The Morgan fingerprint density at radius 2 is 2.55 bits per heavy atom. The van der Waals surface area contributed by atoms with Gasteiger partial charge in [-0.15, -0.1) is 0 Å². The average molecular weight is 153 g/mol. The van der Waals surface area contributed by atoms with E-state index in [1.54, 1.807) is 0 Å². The van der Waals surface area contributed by atoms with Crippen LogP contribution in [0.15, 0.2) is 12.2 Å². The molecule has 11 heavy (non-hydrogen) atoms. The number of rotatable bonds is 3. The zero-order chi connectivity index (χ0) is 8.27. The van der Waals surface area contributed by atoms with E-state index in [2.05, 4.69) is 18.5 Å². The van der Waals surface area contributed by atoms with Crippen LogP contribution in [0.2, 0.25) is 0 Å². The lowest BCUT2D eigenvalue weighted by atomic mass is 10.1. The Balaban J connectivity index is 2.36. The Morgan fingerprint density at radius 1 is 1.82 bits per heavy atom. The van der Waals surface area contributed by atoms with Crippen molar-refractivity contribution in [2.75, 3.05) is 13.6 Å². The van der Waals surface area contributed by atoms with E-state index >= 15 is 0 Å². The fourth-order valence-electron chi connectivity index (χ4n) is 1.59. The summed E-state index contributed by atoms with van der Waals surface area (Å²) >= 11 is 0. The minimum Gasteiger partial charge on any atom is -0.303 e. The maximum absolute atomic E-state index is 10.3. The molecule has 1 fully saturated rings. The highest BCUT2D eigenvalue weighted by Crippen LogP contribution is 2.19. The highest BCUT2D eigenvalue weighted by Gasteiger charge is 2.20. The van der Waals surface area contributed by atoms with Crippen molar-refractivity contribution in [2.45, 2.75) is 25.3 Å². The van der Waals surface area contributed by atoms with Crippen molar-refractivity contribution in [3.63, 3.8) is 0 Å². The second-order valence-electron chi connectivity index (χ2n) is 3.26. The fourth-order valence-corrected chi connectivity index (χ4v) is 1.59. The molecule has 1 rings (SSSR count). The monoisotopic (exact) mass is 153 g/mol. The van der Waals surface area contributed by atoms with Crippen LogP contribution in [0.4, 0.5) is 0 Å². The van der Waals surface area contributed by atoms with Crippen molar-refractivity contribution in [1.82, 2.24) is 4.90 Å². The highest BCUT2D eigenvalue weighted by molar-refractivity contribution is 5.72. The van der Waals surface area contributed by atoms with E-state index in [1.165, 1.54) is 12.8 Å². The van der Waals surface area contributed by atoms with Crippen molar-refractivity contribution in [1.29, 1.82) is 0 Å². The maximum Gasteiger partial charge on any atom is 0.145 e. The molecule has 1 unspecified atom stereocenters. The molecule has 1 aliphatic heterocycles. The molecule has 1 saturated heterocycles. The van der Waals surface area contributed by atoms with Gasteiger partial charge in [0.1, 0.15) is 6.29 Å². The van der Waals surface area contributed by atoms with E-state index in [4.69, 9.17) is 0 Å². The van der Waals surface area contributed by atoms with E-state index in [0.717, 1.165) is 24.8 Å². The van der Waals surface area contributed by atoms with Gasteiger partial charge in [-0.1, -0.05) is 6.58 Å². The molecule has 0 amide bonds. The van der Waals surface area contributed by atoms with Crippen molar-refractivity contribution in [3.05, 3.63) is 12.2 Å². The molecule has 2 heteroatoms. The van der Waals surface area contributed by atoms with Gasteiger partial charge in [-0.2, -0.15) is 0 Å². The third-order valence-electron chi connectivity index (χ3n) is 2.34. The second-order valence-corrected chi connectivity index (χ2v) is 3.26. The van der Waals surface area contributed by atoms with Gasteiger partial charge in [0.15, 0.2) is 0 Å². The summed E-state index contributed by atoms with van der Waals surface area (Å²) in [4.78, 5) is 12.6. The summed E-state index contributed by atoms with van der Waals surface area (Å²) in [7, 11) is 2.11. The number of aldehydes is 1. The summed E-state index contributed by atoms with van der Waals surface area (Å²) in [6.45, 7) is 4.84. The van der Waals surface area contributed by atoms with E-state index in [0.29, 0.717) is 6.04 Å². The Hall–Kier alpha value is -0.630. The fraction of sp³-hybridized carbons (Fsp3) is 0.667. The third-order valence-corrected chi connectivity index (χ3v) is 2.34. The number of likely N-dealkylation sites (tertiary alicyclic amines) is 1. The van der Waals surface area contributed by atoms with Crippen LogP contribution in [0.1, 0.15) is 19.3 Å². The van der Waals surface area contributed by atoms with Gasteiger partial charge >= 0.3 is 0 Å². The first-order valence-corrected chi connectivity index (χ1v) is 4.07. The zero-order valence-electron chi connectivity index (χ0n) is 7.05. The van der Waals surface area contributed by atoms with Crippen molar-refractivity contribution in [2.24, 2.45) is 0 Å². The molecule has 0 bridgehead atoms.